The highest BCUT2D eigenvalue weighted by Crippen LogP contribution is 2.54. The van der Waals surface area contributed by atoms with Gasteiger partial charge in [-0.15, -0.1) is 0 Å². The van der Waals surface area contributed by atoms with Gasteiger partial charge in [0.2, 0.25) is 0 Å². The van der Waals surface area contributed by atoms with Crippen LogP contribution in [0.25, 0.3) is 0 Å². The van der Waals surface area contributed by atoms with Crippen LogP contribution in [-0.2, 0) is 5.41 Å². The number of halogens is 1. The molecule has 4 rings (SSSR count). The molecule has 0 N–H and O–H groups in total. The smallest absolute Gasteiger partial charge is 0.0956 e. The van der Waals surface area contributed by atoms with Crippen molar-refractivity contribution in [1.29, 1.82) is 0 Å². The highest BCUT2D eigenvalue weighted by Gasteiger charge is 2.44. The van der Waals surface area contributed by atoms with Crippen LogP contribution in [0.4, 0.5) is 0 Å². The van der Waals surface area contributed by atoms with Crippen LogP contribution in [0.3, 0.4) is 0 Å². The molecule has 128 valence electrons. The van der Waals surface area contributed by atoms with E-state index >= 15 is 0 Å². The average molecular weight is 369 g/mol. The molecule has 1 atom stereocenters. The number of benzene rings is 2. The zero-order valence-electron chi connectivity index (χ0n) is 14.0. The van der Waals surface area contributed by atoms with Gasteiger partial charge < -0.3 is 4.57 Å². The highest BCUT2D eigenvalue weighted by molar-refractivity contribution is 7.99. The number of thioether (sulfide) groups is 1. The summed E-state index contributed by atoms with van der Waals surface area (Å²) in [4.78, 5) is 5.62. The van der Waals surface area contributed by atoms with E-state index in [9.17, 15) is 0 Å². The van der Waals surface area contributed by atoms with E-state index < -0.39 is 0 Å². The van der Waals surface area contributed by atoms with Crippen molar-refractivity contribution in [2.75, 3.05) is 0 Å². The minimum atomic E-state index is 0.103. The van der Waals surface area contributed by atoms with Crippen LogP contribution in [0.1, 0.15) is 36.6 Å². The molecule has 1 aliphatic carbocycles. The van der Waals surface area contributed by atoms with Gasteiger partial charge >= 0.3 is 0 Å². The van der Waals surface area contributed by atoms with E-state index in [0.29, 0.717) is 0 Å². The summed E-state index contributed by atoms with van der Waals surface area (Å²) in [5, 5.41) is 1.08. The molecule has 1 aliphatic rings. The van der Waals surface area contributed by atoms with Crippen molar-refractivity contribution >= 4 is 23.4 Å². The summed E-state index contributed by atoms with van der Waals surface area (Å²) in [5.74, 6) is 0. The third-order valence-corrected chi connectivity index (χ3v) is 6.89. The van der Waals surface area contributed by atoms with Crippen LogP contribution in [0.5, 0.6) is 0 Å². The SMILES string of the molecule is Clc1ccc(C2(C(Sc3ccccc3)n3ccnc3)CCCC2)cc1. The molecule has 1 saturated carbocycles. The molecule has 4 heteroatoms. The van der Waals surface area contributed by atoms with Gasteiger partial charge in [-0.25, -0.2) is 4.98 Å². The Hall–Kier alpha value is -1.71. The Morgan fingerprint density at radius 2 is 1.72 bits per heavy atom. The van der Waals surface area contributed by atoms with Crippen LogP contribution in [0.2, 0.25) is 5.02 Å². The van der Waals surface area contributed by atoms with Gasteiger partial charge in [-0.3, -0.25) is 0 Å². The van der Waals surface area contributed by atoms with Gasteiger partial charge in [0.05, 0.1) is 11.7 Å². The van der Waals surface area contributed by atoms with E-state index in [1.54, 1.807) is 0 Å². The zero-order chi connectivity index (χ0) is 17.1. The Bertz CT molecular complexity index is 794. The number of hydrogen-bond donors (Lipinski definition) is 0. The van der Waals surface area contributed by atoms with E-state index in [0.717, 1.165) is 5.02 Å². The van der Waals surface area contributed by atoms with Crippen molar-refractivity contribution in [2.45, 2.75) is 41.4 Å². The molecule has 0 spiro atoms. The van der Waals surface area contributed by atoms with Crippen molar-refractivity contribution in [3.63, 3.8) is 0 Å². The Balaban J connectivity index is 1.79. The zero-order valence-corrected chi connectivity index (χ0v) is 15.6. The van der Waals surface area contributed by atoms with Crippen molar-refractivity contribution in [3.8, 4) is 0 Å². The molecule has 3 aromatic rings. The fraction of sp³-hybridized carbons (Fsp3) is 0.286. The lowest BCUT2D eigenvalue weighted by atomic mass is 9.78. The first-order valence-corrected chi connectivity index (χ1v) is 9.99. The van der Waals surface area contributed by atoms with Crippen molar-refractivity contribution in [3.05, 3.63) is 83.9 Å². The number of aromatic nitrogens is 2. The van der Waals surface area contributed by atoms with Gasteiger partial charge in [0.15, 0.2) is 0 Å². The monoisotopic (exact) mass is 368 g/mol. The molecule has 0 saturated heterocycles. The largest absolute Gasteiger partial charge is 0.324 e. The average Bonchev–Trinajstić information content (AvgIpc) is 3.34. The molecule has 0 bridgehead atoms. The predicted molar refractivity (Wildman–Crippen MR) is 105 cm³/mol. The van der Waals surface area contributed by atoms with Crippen molar-refractivity contribution in [2.24, 2.45) is 0 Å². The lowest BCUT2D eigenvalue weighted by Crippen LogP contribution is -2.32. The lowest BCUT2D eigenvalue weighted by Gasteiger charge is -2.38. The summed E-state index contributed by atoms with van der Waals surface area (Å²) in [6.07, 6.45) is 10.8. The molecular weight excluding hydrogens is 348 g/mol. The van der Waals surface area contributed by atoms with Gasteiger partial charge in [-0.1, -0.05) is 66.5 Å². The maximum atomic E-state index is 6.15. The molecule has 1 fully saturated rings. The van der Waals surface area contributed by atoms with E-state index in [1.165, 1.54) is 36.1 Å². The van der Waals surface area contributed by atoms with Gasteiger partial charge in [0.1, 0.15) is 0 Å². The summed E-state index contributed by atoms with van der Waals surface area (Å²) >= 11 is 8.08. The number of hydrogen-bond acceptors (Lipinski definition) is 2. The third-order valence-electron chi connectivity index (χ3n) is 5.17. The summed E-state index contributed by atoms with van der Waals surface area (Å²) in [5.41, 5.74) is 1.49. The Kier molecular flexibility index (Phi) is 4.87. The van der Waals surface area contributed by atoms with Gasteiger partial charge in [-0.05, 0) is 42.7 Å². The summed E-state index contributed by atoms with van der Waals surface area (Å²) in [6.45, 7) is 0. The molecule has 25 heavy (non-hydrogen) atoms. The first kappa shape index (κ1) is 16.7. The maximum Gasteiger partial charge on any atom is 0.0956 e. The maximum absolute atomic E-state index is 6.15. The molecule has 2 nitrogen and oxygen atoms in total. The summed E-state index contributed by atoms with van der Waals surface area (Å²) in [7, 11) is 0. The fourth-order valence-corrected chi connectivity index (χ4v) is 5.50. The number of rotatable bonds is 5. The van der Waals surface area contributed by atoms with Crippen LogP contribution < -0.4 is 0 Å². The molecule has 1 heterocycles. The van der Waals surface area contributed by atoms with Crippen LogP contribution in [0.15, 0.2) is 78.2 Å². The number of imidazole rings is 1. The molecule has 0 aliphatic heterocycles. The van der Waals surface area contributed by atoms with Crippen molar-refractivity contribution < 1.29 is 0 Å². The second-order valence-corrected chi connectivity index (χ2v) is 8.25. The first-order valence-electron chi connectivity index (χ1n) is 8.73. The highest BCUT2D eigenvalue weighted by atomic mass is 35.5. The van der Waals surface area contributed by atoms with E-state index in [1.807, 2.05) is 36.4 Å². The molecule has 0 radical (unpaired) electrons. The second kappa shape index (κ2) is 7.27. The van der Waals surface area contributed by atoms with Gasteiger partial charge in [-0.2, -0.15) is 0 Å². The van der Waals surface area contributed by atoms with E-state index in [-0.39, 0.29) is 10.8 Å². The third kappa shape index (κ3) is 3.36. The normalized spacial score (nSPS) is 17.5. The lowest BCUT2D eigenvalue weighted by molar-refractivity contribution is 0.360. The quantitative estimate of drug-likeness (QED) is 0.489. The predicted octanol–water partition coefficient (Wildman–Crippen LogP) is 6.34. The summed E-state index contributed by atoms with van der Waals surface area (Å²) in [6, 6.07) is 19.1. The Morgan fingerprint density at radius 3 is 2.36 bits per heavy atom. The van der Waals surface area contributed by atoms with Crippen LogP contribution in [0, 0.1) is 0 Å². The van der Waals surface area contributed by atoms with Gasteiger partial charge in [0, 0.05) is 27.7 Å². The molecular formula is C21H21ClN2S. The Labute approximate surface area is 158 Å². The Morgan fingerprint density at radius 1 is 1.00 bits per heavy atom. The minimum absolute atomic E-state index is 0.103. The van der Waals surface area contributed by atoms with Crippen LogP contribution >= 0.6 is 23.4 Å². The van der Waals surface area contributed by atoms with Gasteiger partial charge in [0.25, 0.3) is 0 Å². The topological polar surface area (TPSA) is 17.8 Å². The summed E-state index contributed by atoms with van der Waals surface area (Å²) < 4.78 is 2.28. The molecule has 1 aromatic heterocycles. The fourth-order valence-electron chi connectivity index (χ4n) is 3.96. The van der Waals surface area contributed by atoms with Crippen molar-refractivity contribution in [1.82, 2.24) is 9.55 Å². The molecule has 2 aromatic carbocycles. The first-order chi connectivity index (χ1) is 12.3. The van der Waals surface area contributed by atoms with E-state index in [2.05, 4.69) is 58.2 Å². The van der Waals surface area contributed by atoms with E-state index in [4.69, 9.17) is 11.6 Å². The molecule has 0 amide bonds. The minimum Gasteiger partial charge on any atom is -0.324 e. The second-order valence-electron chi connectivity index (χ2n) is 6.66. The van der Waals surface area contributed by atoms with Crippen LogP contribution in [-0.4, -0.2) is 9.55 Å². The number of nitrogens with zero attached hydrogens (tertiary/aromatic N) is 2. The molecule has 1 unspecified atom stereocenters. The standard InChI is InChI=1S/C21H21ClN2S/c22-18-10-8-17(9-11-18)21(12-4-5-13-21)20(24-15-14-23-16-24)25-19-6-2-1-3-7-19/h1-3,6-11,14-16,20H,4-5,12-13H2.